The van der Waals surface area contributed by atoms with E-state index < -0.39 is 24.8 Å². The quantitative estimate of drug-likeness (QED) is 0.130. The summed E-state index contributed by atoms with van der Waals surface area (Å²) >= 11 is 22.0. The topological polar surface area (TPSA) is 61.2 Å². The van der Waals surface area contributed by atoms with Crippen LogP contribution in [0.15, 0.2) is 0 Å². The number of nitrogens with zero attached hydrogens (tertiary/aromatic N) is 2. The van der Waals surface area contributed by atoms with Crippen molar-refractivity contribution in [3.05, 3.63) is 0 Å². The molecular weight excluding hydrogens is 453 g/mol. The zero-order valence-corrected chi connectivity index (χ0v) is 18.6. The number of nitriles is 1. The SMILES string of the molecule is CCCCCCCCCCS(=O)(=O)N(CC#N)SC(Cl)(Cl)C(F)(Cl)Cl. The highest BCUT2D eigenvalue weighted by molar-refractivity contribution is 8.11. The molecule has 0 heterocycles. The lowest BCUT2D eigenvalue weighted by Gasteiger charge is -2.29. The van der Waals surface area contributed by atoms with E-state index in [-0.39, 0.29) is 17.7 Å². The molecule has 25 heavy (non-hydrogen) atoms. The normalized spacial score (nSPS) is 13.2. The van der Waals surface area contributed by atoms with E-state index in [1.165, 1.54) is 19.3 Å². The van der Waals surface area contributed by atoms with E-state index in [1.807, 2.05) is 0 Å². The molecule has 0 aliphatic rings. The summed E-state index contributed by atoms with van der Waals surface area (Å²) in [5, 5.41) is 8.80. The summed E-state index contributed by atoms with van der Waals surface area (Å²) in [4.78, 5) is 0. The molecule has 0 bridgehead atoms. The van der Waals surface area contributed by atoms with Crippen LogP contribution in [0.4, 0.5) is 4.39 Å². The van der Waals surface area contributed by atoms with Crippen LogP contribution in [0.2, 0.25) is 0 Å². The lowest BCUT2D eigenvalue weighted by molar-refractivity contribution is 0.399. The van der Waals surface area contributed by atoms with E-state index in [1.54, 1.807) is 6.07 Å². The van der Waals surface area contributed by atoms with Crippen molar-refractivity contribution in [1.29, 1.82) is 5.26 Å². The second-order valence-electron chi connectivity index (χ2n) is 5.52. The monoisotopic (exact) mass is 474 g/mol. The maximum atomic E-state index is 13.6. The number of sulfonamides is 1. The molecule has 0 radical (unpaired) electrons. The summed E-state index contributed by atoms with van der Waals surface area (Å²) in [6.45, 7) is 1.60. The van der Waals surface area contributed by atoms with E-state index in [9.17, 15) is 12.8 Å². The Hall–Kier alpha value is 0.840. The maximum Gasteiger partial charge on any atom is 0.301 e. The molecule has 0 unspecified atom stereocenters. The van der Waals surface area contributed by atoms with Gasteiger partial charge in [0.2, 0.25) is 13.7 Å². The van der Waals surface area contributed by atoms with Crippen LogP contribution in [0.3, 0.4) is 0 Å². The highest BCUT2D eigenvalue weighted by atomic mass is 35.5. The lowest BCUT2D eigenvalue weighted by Crippen LogP contribution is -2.37. The molecule has 0 spiro atoms. The Balaban J connectivity index is 4.50. The third-order valence-electron chi connectivity index (χ3n) is 3.31. The van der Waals surface area contributed by atoms with E-state index in [0.29, 0.717) is 10.1 Å². The fourth-order valence-electron chi connectivity index (χ4n) is 1.94. The molecule has 0 atom stereocenters. The van der Waals surface area contributed by atoms with Crippen LogP contribution >= 0.6 is 58.4 Å². The van der Waals surface area contributed by atoms with Crippen LogP contribution in [0.5, 0.6) is 0 Å². The average molecular weight is 476 g/mol. The number of hydrogen-bond donors (Lipinski definition) is 0. The average Bonchev–Trinajstić information content (AvgIpc) is 2.48. The Kier molecular flexibility index (Phi) is 12.7. The van der Waals surface area contributed by atoms with Gasteiger partial charge in [-0.25, -0.2) is 12.8 Å². The Morgan fingerprint density at radius 2 is 1.52 bits per heavy atom. The number of alkyl halides is 5. The Labute approximate surface area is 174 Å². The summed E-state index contributed by atoms with van der Waals surface area (Å²) in [5.41, 5.74) is 0. The van der Waals surface area contributed by atoms with Gasteiger partial charge in [0.1, 0.15) is 6.54 Å². The van der Waals surface area contributed by atoms with E-state index in [4.69, 9.17) is 51.7 Å². The summed E-state index contributed by atoms with van der Waals surface area (Å²) in [7, 11) is -3.86. The third-order valence-corrected chi connectivity index (χ3v) is 8.73. The predicted molar refractivity (Wildman–Crippen MR) is 106 cm³/mol. The van der Waals surface area contributed by atoms with Crippen molar-refractivity contribution in [2.75, 3.05) is 12.3 Å². The molecule has 0 fully saturated rings. The van der Waals surface area contributed by atoms with Crippen LogP contribution in [0.25, 0.3) is 0 Å². The van der Waals surface area contributed by atoms with Gasteiger partial charge in [0, 0.05) is 0 Å². The molecule has 0 saturated carbocycles. The molecule has 0 aromatic heterocycles. The largest absolute Gasteiger partial charge is 0.301 e. The van der Waals surface area contributed by atoms with E-state index in [0.717, 1.165) is 25.7 Å². The highest BCUT2D eigenvalue weighted by Crippen LogP contribution is 2.52. The van der Waals surface area contributed by atoms with Crippen LogP contribution in [0.1, 0.15) is 58.3 Å². The van der Waals surface area contributed by atoms with Crippen LogP contribution in [-0.2, 0) is 10.0 Å². The zero-order chi connectivity index (χ0) is 19.6. The Bertz CT molecular complexity index is 522. The van der Waals surface area contributed by atoms with Crippen molar-refractivity contribution >= 4 is 68.4 Å². The van der Waals surface area contributed by atoms with E-state index in [2.05, 4.69) is 6.92 Å². The molecule has 0 aromatic carbocycles. The number of halogens is 5. The lowest BCUT2D eigenvalue weighted by atomic mass is 10.1. The molecule has 0 aliphatic carbocycles. The molecule has 0 amide bonds. The maximum absolute atomic E-state index is 13.6. The van der Waals surface area contributed by atoms with Crippen molar-refractivity contribution in [2.45, 2.75) is 66.5 Å². The molecule has 0 N–H and O–H groups in total. The summed E-state index contributed by atoms with van der Waals surface area (Å²) in [5.74, 6) is -0.190. The first-order valence-electron chi connectivity index (χ1n) is 7.99. The number of rotatable bonds is 14. The van der Waals surface area contributed by atoms with Gasteiger partial charge in [0.05, 0.1) is 11.8 Å². The van der Waals surface area contributed by atoms with Crippen molar-refractivity contribution in [1.82, 2.24) is 3.71 Å². The number of unbranched alkanes of at least 4 members (excludes halogenated alkanes) is 7. The molecule has 148 valence electrons. The van der Waals surface area contributed by atoms with Gasteiger partial charge in [-0.1, -0.05) is 98.3 Å². The van der Waals surface area contributed by atoms with Gasteiger partial charge in [-0.15, -0.1) is 3.71 Å². The molecule has 0 aliphatic heterocycles. The molecule has 0 rings (SSSR count). The zero-order valence-electron chi connectivity index (χ0n) is 14.0. The van der Waals surface area contributed by atoms with Gasteiger partial charge >= 0.3 is 4.59 Å². The molecular formula is C14H23Cl4FN2O2S2. The first-order chi connectivity index (χ1) is 11.5. The van der Waals surface area contributed by atoms with Gasteiger partial charge in [0.15, 0.2) is 0 Å². The molecule has 0 aromatic rings. The van der Waals surface area contributed by atoms with Crippen LogP contribution in [0, 0.1) is 11.3 Å². The third kappa shape index (κ3) is 10.7. The summed E-state index contributed by atoms with van der Waals surface area (Å²) in [6.07, 6.45) is 7.91. The van der Waals surface area contributed by atoms with Gasteiger partial charge in [-0.2, -0.15) is 5.26 Å². The minimum absolute atomic E-state index is 0.178. The minimum atomic E-state index is -3.86. The predicted octanol–water partition coefficient (Wildman–Crippen LogP) is 6.16. The summed E-state index contributed by atoms with van der Waals surface area (Å²) in [6, 6.07) is 1.68. The second-order valence-corrected chi connectivity index (χ2v) is 12.0. The first-order valence-corrected chi connectivity index (χ1v) is 11.9. The van der Waals surface area contributed by atoms with Crippen molar-refractivity contribution in [3.63, 3.8) is 0 Å². The van der Waals surface area contributed by atoms with Gasteiger partial charge in [-0.3, -0.25) is 0 Å². The Morgan fingerprint density at radius 3 is 1.96 bits per heavy atom. The van der Waals surface area contributed by atoms with Gasteiger partial charge in [0.25, 0.3) is 0 Å². The number of hydrogen-bond acceptors (Lipinski definition) is 4. The van der Waals surface area contributed by atoms with Crippen molar-refractivity contribution < 1.29 is 12.8 Å². The Morgan fingerprint density at radius 1 is 1.04 bits per heavy atom. The minimum Gasteiger partial charge on any atom is -0.211 e. The fourth-order valence-corrected chi connectivity index (χ4v) is 5.42. The second kappa shape index (κ2) is 12.3. The van der Waals surface area contributed by atoms with E-state index >= 15 is 0 Å². The van der Waals surface area contributed by atoms with Crippen molar-refractivity contribution in [2.24, 2.45) is 0 Å². The molecule has 11 heteroatoms. The van der Waals surface area contributed by atoms with Crippen LogP contribution < -0.4 is 0 Å². The summed E-state index contributed by atoms with van der Waals surface area (Å²) < 4.78 is 33.3. The van der Waals surface area contributed by atoms with Gasteiger partial charge < -0.3 is 0 Å². The highest BCUT2D eigenvalue weighted by Gasteiger charge is 2.51. The van der Waals surface area contributed by atoms with Gasteiger partial charge in [-0.05, 0) is 18.4 Å². The standard InChI is InChI=1S/C14H23Cl4FN2O2S2/c1-2-3-4-5-6-7-8-9-12-25(22,23)21(11-10-20)24-14(17,18)13(15,16)19/h2-9,11-12H2,1H3. The van der Waals surface area contributed by atoms with Crippen molar-refractivity contribution in [3.8, 4) is 6.07 Å². The fraction of sp³-hybridized carbons (Fsp3) is 0.929. The molecule has 0 saturated heterocycles. The first kappa shape index (κ1) is 25.8. The smallest absolute Gasteiger partial charge is 0.211 e. The molecule has 4 nitrogen and oxygen atoms in total. The van der Waals surface area contributed by atoms with Crippen LogP contribution in [-0.4, -0.2) is 32.7 Å².